The second kappa shape index (κ2) is 5.79. The molecule has 2 N–H and O–H groups in total. The Morgan fingerprint density at radius 2 is 2.14 bits per heavy atom. The van der Waals surface area contributed by atoms with E-state index in [9.17, 15) is 0 Å². The molecule has 1 aliphatic heterocycles. The summed E-state index contributed by atoms with van der Waals surface area (Å²) in [6.07, 6.45) is 0. The fourth-order valence-electron chi connectivity index (χ4n) is 2.45. The molecule has 0 saturated carbocycles. The number of hydrogen-bond acceptors (Lipinski definition) is 6. The molecule has 112 valence electrons. The minimum atomic E-state index is -0.771. The van der Waals surface area contributed by atoms with Crippen LogP contribution in [0.15, 0.2) is 34.9 Å². The third-order valence-corrected chi connectivity index (χ3v) is 4.98. The molecule has 1 aromatic heterocycles. The van der Waals surface area contributed by atoms with Gasteiger partial charge in [-0.3, -0.25) is 4.90 Å². The Balaban J connectivity index is 1.87. The zero-order valence-corrected chi connectivity index (χ0v) is 13.1. The smallest absolute Gasteiger partial charge is 0.251 e. The van der Waals surface area contributed by atoms with Crippen molar-refractivity contribution < 1.29 is 4.52 Å². The van der Waals surface area contributed by atoms with Gasteiger partial charge in [0.2, 0.25) is 0 Å². The fraction of sp³-hybridized carbons (Fsp3) is 0.467. The molecule has 1 aromatic carbocycles. The second-order valence-electron chi connectivity index (χ2n) is 5.60. The molecule has 1 saturated heterocycles. The van der Waals surface area contributed by atoms with E-state index >= 15 is 0 Å². The number of hydrogen-bond donors (Lipinski definition) is 1. The molecule has 6 heteroatoms. The minimum Gasteiger partial charge on any atom is -0.337 e. The Hall–Kier alpha value is -1.37. The highest BCUT2D eigenvalue weighted by atomic mass is 32.2. The third-order valence-electron chi connectivity index (χ3n) is 3.95. The van der Waals surface area contributed by atoms with Crippen molar-refractivity contribution in [2.24, 2.45) is 5.73 Å². The van der Waals surface area contributed by atoms with Gasteiger partial charge in [0.25, 0.3) is 5.89 Å². The molecule has 21 heavy (non-hydrogen) atoms. The number of nitrogens with zero attached hydrogens (tertiary/aromatic N) is 3. The van der Waals surface area contributed by atoms with Gasteiger partial charge in [-0.05, 0) is 19.5 Å². The Morgan fingerprint density at radius 1 is 1.38 bits per heavy atom. The number of benzene rings is 1. The van der Waals surface area contributed by atoms with Gasteiger partial charge < -0.3 is 10.3 Å². The molecule has 0 spiro atoms. The van der Waals surface area contributed by atoms with E-state index in [0.717, 1.165) is 29.4 Å². The first-order chi connectivity index (χ1) is 10.1. The molecular formula is C15H20N4OS. The van der Waals surface area contributed by atoms with Gasteiger partial charge >= 0.3 is 0 Å². The molecule has 1 aliphatic rings. The van der Waals surface area contributed by atoms with E-state index in [1.54, 1.807) is 0 Å². The molecule has 0 radical (unpaired) electrons. The molecule has 2 atom stereocenters. The van der Waals surface area contributed by atoms with E-state index in [1.165, 1.54) is 0 Å². The largest absolute Gasteiger partial charge is 0.337 e. The Morgan fingerprint density at radius 3 is 2.86 bits per heavy atom. The van der Waals surface area contributed by atoms with Crippen LogP contribution in [-0.2, 0) is 5.54 Å². The van der Waals surface area contributed by atoms with Crippen LogP contribution >= 0.6 is 11.8 Å². The normalized spacial score (nSPS) is 22.9. The molecule has 2 unspecified atom stereocenters. The second-order valence-corrected chi connectivity index (χ2v) is 6.75. The van der Waals surface area contributed by atoms with E-state index in [4.69, 9.17) is 10.3 Å². The maximum absolute atomic E-state index is 6.42. The summed E-state index contributed by atoms with van der Waals surface area (Å²) in [5, 5.41) is 4.16. The van der Waals surface area contributed by atoms with Crippen molar-refractivity contribution in [2.45, 2.75) is 18.5 Å². The molecule has 2 heterocycles. The van der Waals surface area contributed by atoms with Crippen molar-refractivity contribution in [1.82, 2.24) is 15.0 Å². The van der Waals surface area contributed by atoms with Crippen LogP contribution in [0.4, 0.5) is 0 Å². The van der Waals surface area contributed by atoms with Crippen molar-refractivity contribution in [1.29, 1.82) is 0 Å². The quantitative estimate of drug-likeness (QED) is 0.935. The predicted octanol–water partition coefficient (Wildman–Crippen LogP) is 2.01. The molecular weight excluding hydrogens is 284 g/mol. The molecule has 3 rings (SSSR count). The summed E-state index contributed by atoms with van der Waals surface area (Å²) >= 11 is 1.92. The summed E-state index contributed by atoms with van der Waals surface area (Å²) in [6.45, 7) is 2.94. The van der Waals surface area contributed by atoms with Crippen LogP contribution < -0.4 is 5.73 Å². The van der Waals surface area contributed by atoms with Crippen LogP contribution in [0.5, 0.6) is 0 Å². The summed E-state index contributed by atoms with van der Waals surface area (Å²) in [5.74, 6) is 3.33. The highest BCUT2D eigenvalue weighted by molar-refractivity contribution is 7.99. The molecule has 5 nitrogen and oxygen atoms in total. The van der Waals surface area contributed by atoms with Crippen LogP contribution in [0.25, 0.3) is 0 Å². The molecule has 0 amide bonds. The lowest BCUT2D eigenvalue weighted by Gasteiger charge is -2.29. The maximum atomic E-state index is 6.42. The number of nitrogens with two attached hydrogens (primary N) is 1. The number of rotatable bonds is 3. The zero-order chi connectivity index (χ0) is 14.9. The van der Waals surface area contributed by atoms with E-state index in [0.29, 0.717) is 5.89 Å². The van der Waals surface area contributed by atoms with Gasteiger partial charge in [0.1, 0.15) is 5.54 Å². The van der Waals surface area contributed by atoms with E-state index in [2.05, 4.69) is 22.1 Å². The lowest BCUT2D eigenvalue weighted by Crippen LogP contribution is -2.35. The minimum absolute atomic E-state index is 0.202. The summed E-state index contributed by atoms with van der Waals surface area (Å²) in [4.78, 5) is 6.84. The first-order valence-electron chi connectivity index (χ1n) is 7.05. The maximum Gasteiger partial charge on any atom is 0.251 e. The summed E-state index contributed by atoms with van der Waals surface area (Å²) in [7, 11) is 2.10. The fourth-order valence-corrected chi connectivity index (χ4v) is 3.66. The molecule has 1 fully saturated rings. The lowest BCUT2D eigenvalue weighted by molar-refractivity contribution is 0.255. The van der Waals surface area contributed by atoms with Crippen LogP contribution in [0.1, 0.15) is 30.2 Å². The van der Waals surface area contributed by atoms with Crippen LogP contribution in [0.3, 0.4) is 0 Å². The van der Waals surface area contributed by atoms with Crippen LogP contribution in [-0.4, -0.2) is 40.1 Å². The molecule has 2 aromatic rings. The molecule has 0 bridgehead atoms. The third kappa shape index (κ3) is 2.84. The van der Waals surface area contributed by atoms with Gasteiger partial charge in [-0.25, -0.2) is 0 Å². The zero-order valence-electron chi connectivity index (χ0n) is 12.3. The standard InChI is InChI=1S/C15H20N4OS/c1-15(16,11-6-4-3-5-7-11)14-17-13(18-20-14)12-10-21-9-8-19(12)2/h3-7,12H,8-10,16H2,1-2H3. The summed E-state index contributed by atoms with van der Waals surface area (Å²) < 4.78 is 5.46. The van der Waals surface area contributed by atoms with Crippen molar-refractivity contribution in [3.63, 3.8) is 0 Å². The average molecular weight is 304 g/mol. The average Bonchev–Trinajstić information content (AvgIpc) is 2.99. The predicted molar refractivity (Wildman–Crippen MR) is 84.1 cm³/mol. The first kappa shape index (κ1) is 14.6. The van der Waals surface area contributed by atoms with E-state index < -0.39 is 5.54 Å². The van der Waals surface area contributed by atoms with Crippen molar-refractivity contribution in [2.75, 3.05) is 25.1 Å². The van der Waals surface area contributed by atoms with E-state index in [-0.39, 0.29) is 6.04 Å². The van der Waals surface area contributed by atoms with Gasteiger partial charge in [0.05, 0.1) is 6.04 Å². The number of thioether (sulfide) groups is 1. The van der Waals surface area contributed by atoms with Gasteiger partial charge in [0.15, 0.2) is 5.82 Å². The van der Waals surface area contributed by atoms with Crippen molar-refractivity contribution in [3.05, 3.63) is 47.6 Å². The van der Waals surface area contributed by atoms with Crippen molar-refractivity contribution in [3.8, 4) is 0 Å². The van der Waals surface area contributed by atoms with Gasteiger partial charge in [0, 0.05) is 18.1 Å². The van der Waals surface area contributed by atoms with Gasteiger partial charge in [-0.1, -0.05) is 35.5 Å². The van der Waals surface area contributed by atoms with Crippen molar-refractivity contribution >= 4 is 11.8 Å². The summed E-state index contributed by atoms with van der Waals surface area (Å²) in [5.41, 5.74) is 6.62. The molecule has 0 aliphatic carbocycles. The highest BCUT2D eigenvalue weighted by Crippen LogP contribution is 2.29. The highest BCUT2D eigenvalue weighted by Gasteiger charge is 2.33. The SMILES string of the molecule is CN1CCSCC1c1noc(C(C)(N)c2ccccc2)n1. The van der Waals surface area contributed by atoms with E-state index in [1.807, 2.05) is 49.0 Å². The monoisotopic (exact) mass is 304 g/mol. The summed E-state index contributed by atoms with van der Waals surface area (Å²) in [6, 6.07) is 10.0. The number of aromatic nitrogens is 2. The lowest BCUT2D eigenvalue weighted by atomic mass is 9.93. The van der Waals surface area contributed by atoms with Crippen LogP contribution in [0, 0.1) is 0 Å². The Labute approximate surface area is 128 Å². The van der Waals surface area contributed by atoms with Gasteiger partial charge in [-0.2, -0.15) is 16.7 Å². The topological polar surface area (TPSA) is 68.2 Å². The Kier molecular flexibility index (Phi) is 4.01. The van der Waals surface area contributed by atoms with Crippen LogP contribution in [0.2, 0.25) is 0 Å². The Bertz CT molecular complexity index is 599. The first-order valence-corrected chi connectivity index (χ1v) is 8.21. The van der Waals surface area contributed by atoms with Gasteiger partial charge in [-0.15, -0.1) is 0 Å².